The summed E-state index contributed by atoms with van der Waals surface area (Å²) in [6, 6.07) is 7.80. The van der Waals surface area contributed by atoms with Crippen LogP contribution < -0.4 is 4.74 Å². The van der Waals surface area contributed by atoms with Crippen molar-refractivity contribution in [3.05, 3.63) is 42.0 Å². The Labute approximate surface area is 136 Å². The number of esters is 1. The topological polar surface area (TPSA) is 38.8 Å². The van der Waals surface area contributed by atoms with Crippen molar-refractivity contribution in [2.75, 3.05) is 21.2 Å². The van der Waals surface area contributed by atoms with Crippen LogP contribution in [0.2, 0.25) is 0 Å². The number of carbonyl (C=O) groups is 1. The van der Waals surface area contributed by atoms with Crippen LogP contribution in [0.1, 0.15) is 24.8 Å². The van der Waals surface area contributed by atoms with Crippen molar-refractivity contribution in [1.82, 2.24) is 4.90 Å². The van der Waals surface area contributed by atoms with Crippen LogP contribution in [0.15, 0.2) is 36.4 Å². The second-order valence-corrected chi connectivity index (χ2v) is 6.23. The molecule has 0 spiro atoms. The average Bonchev–Trinajstić information content (AvgIpc) is 2.84. The van der Waals surface area contributed by atoms with E-state index in [1.807, 2.05) is 56.3 Å². The summed E-state index contributed by atoms with van der Waals surface area (Å²) in [5.74, 6) is 0.390. The molecule has 0 radical (unpaired) electrons. The van der Waals surface area contributed by atoms with E-state index < -0.39 is 5.60 Å². The highest BCUT2D eigenvalue weighted by atomic mass is 32.1. The zero-order valence-electron chi connectivity index (χ0n) is 13.3. The van der Waals surface area contributed by atoms with Gasteiger partial charge in [0.05, 0.1) is 12.1 Å². The van der Waals surface area contributed by atoms with Crippen molar-refractivity contribution in [3.63, 3.8) is 0 Å². The number of methoxy groups -OCH3 is 1. The summed E-state index contributed by atoms with van der Waals surface area (Å²) in [7, 11) is 5.48. The molecule has 1 aromatic rings. The van der Waals surface area contributed by atoms with Crippen molar-refractivity contribution in [2.45, 2.75) is 24.9 Å². The van der Waals surface area contributed by atoms with Gasteiger partial charge < -0.3 is 14.4 Å². The third-order valence-electron chi connectivity index (χ3n) is 3.94. The molecule has 0 fully saturated rings. The zero-order chi connectivity index (χ0) is 16.3. The van der Waals surface area contributed by atoms with Crippen LogP contribution >= 0.6 is 12.2 Å². The fraction of sp³-hybridized carbons (Fsp3) is 0.412. The van der Waals surface area contributed by atoms with E-state index in [1.54, 1.807) is 7.11 Å². The average molecular weight is 319 g/mol. The molecule has 2 atom stereocenters. The van der Waals surface area contributed by atoms with Crippen molar-refractivity contribution in [1.29, 1.82) is 0 Å². The predicted molar refractivity (Wildman–Crippen MR) is 90.3 cm³/mol. The first-order valence-corrected chi connectivity index (χ1v) is 7.53. The van der Waals surface area contributed by atoms with E-state index in [1.165, 1.54) is 6.08 Å². The minimum absolute atomic E-state index is 0.0693. The first-order valence-electron chi connectivity index (χ1n) is 7.12. The molecule has 0 aromatic heterocycles. The molecule has 0 N–H and O–H groups in total. The summed E-state index contributed by atoms with van der Waals surface area (Å²) in [5.41, 5.74) is 0.328. The predicted octanol–water partition coefficient (Wildman–Crippen LogP) is 2.93. The lowest BCUT2D eigenvalue weighted by atomic mass is 9.81. The van der Waals surface area contributed by atoms with Crippen LogP contribution in [0.25, 0.3) is 0 Å². The van der Waals surface area contributed by atoms with E-state index in [4.69, 9.17) is 21.7 Å². The number of thiocarbonyl (C=S) groups is 1. The molecule has 1 aromatic carbocycles. The number of ether oxygens (including phenoxy) is 2. The SMILES string of the molecule is COc1cccc([C@@H](CC(=S)N(C)C)[C@]2(C)C=CC(=O)O2)c1. The van der Waals surface area contributed by atoms with Gasteiger partial charge >= 0.3 is 5.97 Å². The Balaban J connectivity index is 2.39. The van der Waals surface area contributed by atoms with Gasteiger partial charge in [0, 0.05) is 32.5 Å². The van der Waals surface area contributed by atoms with E-state index in [0.717, 1.165) is 16.3 Å². The molecule has 5 heteroatoms. The van der Waals surface area contributed by atoms with Crippen LogP contribution in [-0.2, 0) is 9.53 Å². The van der Waals surface area contributed by atoms with Gasteiger partial charge in [-0.3, -0.25) is 0 Å². The van der Waals surface area contributed by atoms with Gasteiger partial charge in [-0.25, -0.2) is 4.79 Å². The zero-order valence-corrected chi connectivity index (χ0v) is 14.1. The molecule has 1 aliphatic heterocycles. The number of hydrogen-bond acceptors (Lipinski definition) is 4. The van der Waals surface area contributed by atoms with E-state index in [0.29, 0.717) is 6.42 Å². The van der Waals surface area contributed by atoms with Gasteiger partial charge in [-0.1, -0.05) is 24.4 Å². The molecule has 0 unspecified atom stereocenters. The maximum absolute atomic E-state index is 11.6. The molecular formula is C17H21NO3S. The van der Waals surface area contributed by atoms with Crippen molar-refractivity contribution in [2.24, 2.45) is 0 Å². The standard InChI is InChI=1S/C17H21NO3S/c1-17(9-8-16(19)21-17)14(11-15(22)18(2)3)12-6-5-7-13(10-12)20-4/h5-10,14H,11H2,1-4H3/t14-,17+/m1/s1. The Kier molecular flexibility index (Phi) is 4.86. The highest BCUT2D eigenvalue weighted by Crippen LogP contribution is 2.39. The smallest absolute Gasteiger partial charge is 0.331 e. The molecule has 0 aliphatic carbocycles. The molecule has 4 nitrogen and oxygen atoms in total. The highest BCUT2D eigenvalue weighted by molar-refractivity contribution is 7.80. The van der Waals surface area contributed by atoms with Crippen LogP contribution in [0.4, 0.5) is 0 Å². The van der Waals surface area contributed by atoms with Gasteiger partial charge in [-0.05, 0) is 30.7 Å². The lowest BCUT2D eigenvalue weighted by molar-refractivity contribution is -0.145. The molecule has 0 saturated heterocycles. The van der Waals surface area contributed by atoms with Gasteiger partial charge in [0.1, 0.15) is 11.4 Å². The molecule has 118 valence electrons. The van der Waals surface area contributed by atoms with E-state index >= 15 is 0 Å². The highest BCUT2D eigenvalue weighted by Gasteiger charge is 2.40. The Hall–Kier alpha value is -1.88. The molecule has 0 bridgehead atoms. The molecule has 0 saturated carbocycles. The second kappa shape index (κ2) is 6.48. The number of benzene rings is 1. The van der Waals surface area contributed by atoms with Gasteiger partial charge in [0.15, 0.2) is 0 Å². The molecule has 2 rings (SSSR count). The summed E-state index contributed by atoms with van der Waals surface area (Å²) in [5, 5.41) is 0. The molecule has 22 heavy (non-hydrogen) atoms. The summed E-state index contributed by atoms with van der Waals surface area (Å²) in [6.45, 7) is 1.91. The summed E-state index contributed by atoms with van der Waals surface area (Å²) in [6.07, 6.45) is 3.91. The Morgan fingerprint density at radius 1 is 1.45 bits per heavy atom. The van der Waals surface area contributed by atoms with Crippen LogP contribution in [-0.4, -0.2) is 42.7 Å². The molecular weight excluding hydrogens is 298 g/mol. The third kappa shape index (κ3) is 3.47. The number of nitrogens with zero attached hydrogens (tertiary/aromatic N) is 1. The molecule has 0 amide bonds. The van der Waals surface area contributed by atoms with E-state index in [2.05, 4.69) is 0 Å². The molecule has 1 aliphatic rings. The van der Waals surface area contributed by atoms with Crippen molar-refractivity contribution < 1.29 is 14.3 Å². The number of cyclic esters (lactones) is 1. The maximum Gasteiger partial charge on any atom is 0.331 e. The van der Waals surface area contributed by atoms with E-state index in [-0.39, 0.29) is 11.9 Å². The number of carbonyl (C=O) groups excluding carboxylic acids is 1. The first kappa shape index (κ1) is 16.5. The van der Waals surface area contributed by atoms with Crippen molar-refractivity contribution >= 4 is 23.2 Å². The summed E-state index contributed by atoms with van der Waals surface area (Å²) < 4.78 is 10.9. The second-order valence-electron chi connectivity index (χ2n) is 5.76. The lowest BCUT2D eigenvalue weighted by Crippen LogP contribution is -2.36. The number of rotatable bonds is 5. The largest absolute Gasteiger partial charge is 0.497 e. The molecule has 1 heterocycles. The Bertz CT molecular complexity index is 612. The van der Waals surface area contributed by atoms with Gasteiger partial charge in [0.2, 0.25) is 0 Å². The summed E-state index contributed by atoms with van der Waals surface area (Å²) in [4.78, 5) is 14.3. The summed E-state index contributed by atoms with van der Waals surface area (Å²) >= 11 is 5.46. The number of hydrogen-bond donors (Lipinski definition) is 0. The minimum atomic E-state index is -0.705. The Morgan fingerprint density at radius 2 is 2.18 bits per heavy atom. The van der Waals surface area contributed by atoms with Gasteiger partial charge in [-0.15, -0.1) is 0 Å². The monoisotopic (exact) mass is 319 g/mol. The fourth-order valence-corrected chi connectivity index (χ4v) is 2.74. The van der Waals surface area contributed by atoms with Gasteiger partial charge in [-0.2, -0.15) is 0 Å². The lowest BCUT2D eigenvalue weighted by Gasteiger charge is -2.33. The van der Waals surface area contributed by atoms with Crippen LogP contribution in [0.3, 0.4) is 0 Å². The first-order chi connectivity index (χ1) is 10.4. The Morgan fingerprint density at radius 3 is 2.73 bits per heavy atom. The third-order valence-corrected chi connectivity index (χ3v) is 4.47. The van der Waals surface area contributed by atoms with Crippen molar-refractivity contribution in [3.8, 4) is 5.75 Å². The maximum atomic E-state index is 11.6. The fourth-order valence-electron chi connectivity index (χ4n) is 2.57. The minimum Gasteiger partial charge on any atom is -0.497 e. The normalized spacial score (nSPS) is 21.4. The van der Waals surface area contributed by atoms with Crippen LogP contribution in [0, 0.1) is 0 Å². The quantitative estimate of drug-likeness (QED) is 0.616. The van der Waals surface area contributed by atoms with E-state index in [9.17, 15) is 4.79 Å². The van der Waals surface area contributed by atoms with Crippen LogP contribution in [0.5, 0.6) is 5.75 Å². The van der Waals surface area contributed by atoms with Gasteiger partial charge in [0.25, 0.3) is 0 Å².